The third-order valence-electron chi connectivity index (χ3n) is 1.42. The number of amides is 2. The van der Waals surface area contributed by atoms with Gasteiger partial charge in [-0.1, -0.05) is 0 Å². The van der Waals surface area contributed by atoms with Crippen LogP contribution in [0.2, 0.25) is 0 Å². The van der Waals surface area contributed by atoms with Crippen LogP contribution < -0.4 is 5.32 Å². The molecule has 1 aromatic heterocycles. The maximum absolute atomic E-state index is 11.2. The van der Waals surface area contributed by atoms with Gasteiger partial charge in [0.1, 0.15) is 0 Å². The first-order valence-electron chi connectivity index (χ1n) is 3.65. The fraction of sp³-hybridized carbons (Fsp3) is 0.125. The molecule has 0 fully saturated rings. The van der Waals surface area contributed by atoms with E-state index in [1.54, 1.807) is 24.5 Å². The van der Waals surface area contributed by atoms with Gasteiger partial charge in [-0.05, 0) is 12.1 Å². The number of carbonyl (C=O) groups is 1. The molecule has 0 spiro atoms. The van der Waals surface area contributed by atoms with Gasteiger partial charge in [-0.15, -0.1) is 0 Å². The van der Waals surface area contributed by atoms with E-state index in [2.05, 4.69) is 22.1 Å². The average molecular weight is 178 g/mol. The van der Waals surface area contributed by atoms with E-state index in [-0.39, 0.29) is 6.03 Å². The van der Waals surface area contributed by atoms with Crippen LogP contribution in [0.4, 0.5) is 10.5 Å². The van der Waals surface area contributed by atoms with E-state index in [0.717, 1.165) is 5.01 Å². The monoisotopic (exact) mass is 178 g/mol. The molecule has 0 aliphatic heterocycles. The lowest BCUT2D eigenvalue weighted by molar-refractivity contribution is 0.225. The Kier molecular flexibility index (Phi) is 2.97. The molecule has 13 heavy (non-hydrogen) atoms. The van der Waals surface area contributed by atoms with Gasteiger partial charge in [0.2, 0.25) is 0 Å². The van der Waals surface area contributed by atoms with Gasteiger partial charge in [0, 0.05) is 20.0 Å². The Hall–Kier alpha value is -1.91. The predicted octanol–water partition coefficient (Wildman–Crippen LogP) is 1.16. The zero-order valence-electron chi connectivity index (χ0n) is 7.27. The van der Waals surface area contributed by atoms with Gasteiger partial charge < -0.3 is 5.32 Å². The molecule has 0 unspecified atom stereocenters. The summed E-state index contributed by atoms with van der Waals surface area (Å²) in [6.45, 7) is 3.22. The van der Waals surface area contributed by atoms with E-state index >= 15 is 0 Å². The van der Waals surface area contributed by atoms with Crippen molar-refractivity contribution in [1.82, 2.24) is 9.99 Å². The normalized spacial score (nSPS) is 9.00. The van der Waals surface area contributed by atoms with Gasteiger partial charge in [0.15, 0.2) is 0 Å². The van der Waals surface area contributed by atoms with Crippen molar-refractivity contribution in [2.24, 2.45) is 5.10 Å². The van der Waals surface area contributed by atoms with E-state index in [1.807, 2.05) is 0 Å². The standard InChI is InChI=1S/C8H10N4O/c1-9-12(2)8(13)11-7-4-3-5-10-6-7/h3-6H,1H2,2H3,(H,11,13). The third kappa shape index (κ3) is 2.55. The summed E-state index contributed by atoms with van der Waals surface area (Å²) in [5.41, 5.74) is 0.628. The quantitative estimate of drug-likeness (QED) is 0.545. The Morgan fingerprint density at radius 1 is 1.77 bits per heavy atom. The van der Waals surface area contributed by atoms with Gasteiger partial charge in [0.05, 0.1) is 11.9 Å². The lowest BCUT2D eigenvalue weighted by Gasteiger charge is -2.10. The van der Waals surface area contributed by atoms with Crippen LogP contribution in [0.25, 0.3) is 0 Å². The molecule has 1 N–H and O–H groups in total. The minimum atomic E-state index is -0.344. The van der Waals surface area contributed by atoms with Gasteiger partial charge in [-0.25, -0.2) is 9.80 Å². The van der Waals surface area contributed by atoms with Crippen LogP contribution in [0, 0.1) is 0 Å². The van der Waals surface area contributed by atoms with Crippen molar-refractivity contribution in [2.45, 2.75) is 0 Å². The highest BCUT2D eigenvalue weighted by atomic mass is 16.2. The second kappa shape index (κ2) is 4.20. The Morgan fingerprint density at radius 3 is 3.08 bits per heavy atom. The number of urea groups is 1. The molecule has 5 nitrogen and oxygen atoms in total. The molecular formula is C8H10N4O. The average Bonchev–Trinajstić information content (AvgIpc) is 2.18. The van der Waals surface area contributed by atoms with Crippen LogP contribution in [-0.4, -0.2) is 29.8 Å². The second-order valence-electron chi connectivity index (χ2n) is 2.34. The predicted molar refractivity (Wildman–Crippen MR) is 50.6 cm³/mol. The van der Waals surface area contributed by atoms with Crippen LogP contribution >= 0.6 is 0 Å². The van der Waals surface area contributed by atoms with Gasteiger partial charge in [0.25, 0.3) is 0 Å². The third-order valence-corrected chi connectivity index (χ3v) is 1.42. The molecule has 0 saturated carbocycles. The number of anilines is 1. The van der Waals surface area contributed by atoms with Crippen LogP contribution in [0.15, 0.2) is 29.6 Å². The zero-order valence-corrected chi connectivity index (χ0v) is 7.27. The molecule has 1 rings (SSSR count). The number of pyridine rings is 1. The Morgan fingerprint density at radius 2 is 2.54 bits per heavy atom. The first kappa shape index (κ1) is 9.18. The van der Waals surface area contributed by atoms with Crippen LogP contribution in [0.1, 0.15) is 0 Å². The molecule has 1 aromatic rings. The molecular weight excluding hydrogens is 168 g/mol. The first-order chi connectivity index (χ1) is 6.24. The summed E-state index contributed by atoms with van der Waals surface area (Å²) >= 11 is 0. The van der Waals surface area contributed by atoms with Crippen LogP contribution in [0.3, 0.4) is 0 Å². The molecule has 0 aromatic carbocycles. The highest BCUT2D eigenvalue weighted by Crippen LogP contribution is 2.03. The Bertz CT molecular complexity index is 298. The second-order valence-corrected chi connectivity index (χ2v) is 2.34. The van der Waals surface area contributed by atoms with Crippen molar-refractivity contribution < 1.29 is 4.79 Å². The molecule has 0 saturated heterocycles. The Labute approximate surface area is 76.1 Å². The molecule has 0 radical (unpaired) electrons. The number of aromatic nitrogens is 1. The molecule has 0 bridgehead atoms. The molecule has 0 atom stereocenters. The van der Waals surface area contributed by atoms with Crippen molar-refractivity contribution in [3.63, 3.8) is 0 Å². The van der Waals surface area contributed by atoms with Crippen molar-refractivity contribution in [2.75, 3.05) is 12.4 Å². The molecule has 0 aliphatic rings. The summed E-state index contributed by atoms with van der Waals surface area (Å²) < 4.78 is 0. The highest BCUT2D eigenvalue weighted by molar-refractivity contribution is 5.88. The number of nitrogens with one attached hydrogen (secondary N) is 1. The van der Waals surface area contributed by atoms with E-state index < -0.39 is 0 Å². The lowest BCUT2D eigenvalue weighted by atomic mass is 10.4. The Balaban J connectivity index is 2.60. The minimum Gasteiger partial charge on any atom is -0.305 e. The molecule has 2 amide bonds. The van der Waals surface area contributed by atoms with Crippen molar-refractivity contribution in [3.05, 3.63) is 24.5 Å². The van der Waals surface area contributed by atoms with E-state index in [1.165, 1.54) is 7.05 Å². The molecule has 1 heterocycles. The maximum Gasteiger partial charge on any atom is 0.342 e. The number of carbonyl (C=O) groups excluding carboxylic acids is 1. The van der Waals surface area contributed by atoms with E-state index in [9.17, 15) is 4.79 Å². The van der Waals surface area contributed by atoms with Gasteiger partial charge >= 0.3 is 6.03 Å². The molecule has 5 heteroatoms. The van der Waals surface area contributed by atoms with Crippen molar-refractivity contribution in [1.29, 1.82) is 0 Å². The zero-order chi connectivity index (χ0) is 9.68. The fourth-order valence-corrected chi connectivity index (χ4v) is 0.705. The largest absolute Gasteiger partial charge is 0.342 e. The summed E-state index contributed by atoms with van der Waals surface area (Å²) in [6.07, 6.45) is 3.18. The van der Waals surface area contributed by atoms with E-state index in [4.69, 9.17) is 0 Å². The first-order valence-corrected chi connectivity index (χ1v) is 3.65. The summed E-state index contributed by atoms with van der Waals surface area (Å²) in [5, 5.41) is 7.12. The van der Waals surface area contributed by atoms with Gasteiger partial charge in [-0.3, -0.25) is 4.98 Å². The SMILES string of the molecule is C=NN(C)C(=O)Nc1cccnc1. The smallest absolute Gasteiger partial charge is 0.305 e. The summed E-state index contributed by atoms with van der Waals surface area (Å²) in [4.78, 5) is 15.0. The van der Waals surface area contributed by atoms with Crippen molar-refractivity contribution >= 4 is 18.4 Å². The molecule has 68 valence electrons. The molecule has 0 aliphatic carbocycles. The minimum absolute atomic E-state index is 0.344. The lowest BCUT2D eigenvalue weighted by Crippen LogP contribution is -2.26. The number of hydrazone groups is 1. The fourth-order valence-electron chi connectivity index (χ4n) is 0.705. The van der Waals surface area contributed by atoms with E-state index in [0.29, 0.717) is 5.69 Å². The van der Waals surface area contributed by atoms with Crippen LogP contribution in [-0.2, 0) is 0 Å². The topological polar surface area (TPSA) is 57.6 Å². The van der Waals surface area contributed by atoms with Gasteiger partial charge in [-0.2, -0.15) is 5.10 Å². The summed E-state index contributed by atoms with van der Waals surface area (Å²) in [7, 11) is 1.51. The highest BCUT2D eigenvalue weighted by Gasteiger charge is 2.05. The van der Waals surface area contributed by atoms with Crippen molar-refractivity contribution in [3.8, 4) is 0 Å². The summed E-state index contributed by atoms with van der Waals surface area (Å²) in [6, 6.07) is 3.13. The number of hydrogen-bond acceptors (Lipinski definition) is 3. The van der Waals surface area contributed by atoms with Crippen LogP contribution in [0.5, 0.6) is 0 Å². The number of rotatable bonds is 2. The summed E-state index contributed by atoms with van der Waals surface area (Å²) in [5.74, 6) is 0. The maximum atomic E-state index is 11.2. The number of hydrogen-bond donors (Lipinski definition) is 1. The number of nitrogens with zero attached hydrogens (tertiary/aromatic N) is 3.